The van der Waals surface area contributed by atoms with Crippen LogP contribution in [-0.2, 0) is 5.41 Å². The molecular formula is C15H25N. The fourth-order valence-electron chi connectivity index (χ4n) is 2.48. The first-order valence-corrected chi connectivity index (χ1v) is 6.55. The van der Waals surface area contributed by atoms with Crippen molar-refractivity contribution in [3.8, 4) is 0 Å². The minimum Gasteiger partial charge on any atom is -0.316 e. The van der Waals surface area contributed by atoms with Gasteiger partial charge in [0.2, 0.25) is 0 Å². The second kappa shape index (κ2) is 6.70. The van der Waals surface area contributed by atoms with E-state index in [-0.39, 0.29) is 0 Å². The monoisotopic (exact) mass is 219 g/mol. The molecular weight excluding hydrogens is 194 g/mol. The lowest BCUT2D eigenvalue weighted by Crippen LogP contribution is -2.37. The third kappa shape index (κ3) is 3.08. The van der Waals surface area contributed by atoms with E-state index < -0.39 is 0 Å². The molecule has 1 rings (SSSR count). The summed E-state index contributed by atoms with van der Waals surface area (Å²) in [5, 5.41) is 3.52. The maximum atomic E-state index is 3.52. The van der Waals surface area contributed by atoms with Crippen LogP contribution in [0.5, 0.6) is 0 Å². The van der Waals surface area contributed by atoms with Gasteiger partial charge in [0.15, 0.2) is 0 Å². The quantitative estimate of drug-likeness (QED) is 0.736. The van der Waals surface area contributed by atoms with Crippen LogP contribution in [0.15, 0.2) is 30.3 Å². The van der Waals surface area contributed by atoms with Gasteiger partial charge in [0.25, 0.3) is 0 Å². The van der Waals surface area contributed by atoms with Crippen LogP contribution in [0.2, 0.25) is 0 Å². The lowest BCUT2D eigenvalue weighted by Gasteiger charge is -2.33. The van der Waals surface area contributed by atoms with Crippen LogP contribution in [0.25, 0.3) is 0 Å². The van der Waals surface area contributed by atoms with E-state index in [1.165, 1.54) is 24.8 Å². The topological polar surface area (TPSA) is 12.0 Å². The van der Waals surface area contributed by atoms with Crippen LogP contribution in [0.1, 0.15) is 45.6 Å². The van der Waals surface area contributed by atoms with E-state index in [1.54, 1.807) is 0 Å². The van der Waals surface area contributed by atoms with Crippen molar-refractivity contribution in [1.82, 2.24) is 5.32 Å². The Hall–Kier alpha value is -0.820. The molecule has 0 radical (unpaired) electrons. The first-order valence-electron chi connectivity index (χ1n) is 6.55. The van der Waals surface area contributed by atoms with E-state index in [2.05, 4.69) is 56.4 Å². The summed E-state index contributed by atoms with van der Waals surface area (Å²) in [5.74, 6) is 0. The van der Waals surface area contributed by atoms with Gasteiger partial charge in [0, 0.05) is 12.0 Å². The molecule has 1 atom stereocenters. The molecule has 1 unspecified atom stereocenters. The number of nitrogens with one attached hydrogen (secondary N) is 1. The van der Waals surface area contributed by atoms with Crippen molar-refractivity contribution < 1.29 is 0 Å². The molecule has 0 amide bonds. The summed E-state index contributed by atoms with van der Waals surface area (Å²) in [6, 6.07) is 11.0. The smallest absolute Gasteiger partial charge is 0.00750 e. The highest BCUT2D eigenvalue weighted by molar-refractivity contribution is 5.25. The van der Waals surface area contributed by atoms with Crippen molar-refractivity contribution in [2.75, 3.05) is 13.1 Å². The predicted octanol–water partition coefficient (Wildman–Crippen LogP) is 3.74. The molecule has 0 heterocycles. The highest BCUT2D eigenvalue weighted by atomic mass is 14.9. The lowest BCUT2D eigenvalue weighted by atomic mass is 9.74. The third-order valence-corrected chi connectivity index (χ3v) is 3.50. The summed E-state index contributed by atoms with van der Waals surface area (Å²) in [6.07, 6.45) is 3.71. The molecule has 1 N–H and O–H groups in total. The maximum Gasteiger partial charge on any atom is 0.00750 e. The Bertz CT molecular complexity index is 281. The Balaban J connectivity index is 2.92. The summed E-state index contributed by atoms with van der Waals surface area (Å²) >= 11 is 0. The molecule has 0 saturated heterocycles. The fourth-order valence-corrected chi connectivity index (χ4v) is 2.48. The van der Waals surface area contributed by atoms with E-state index in [0.29, 0.717) is 5.41 Å². The first kappa shape index (κ1) is 13.2. The van der Waals surface area contributed by atoms with Gasteiger partial charge < -0.3 is 5.32 Å². The molecule has 0 aliphatic heterocycles. The van der Waals surface area contributed by atoms with Crippen molar-refractivity contribution in [3.63, 3.8) is 0 Å². The highest BCUT2D eigenvalue weighted by Crippen LogP contribution is 2.32. The van der Waals surface area contributed by atoms with Crippen LogP contribution >= 0.6 is 0 Å². The number of likely N-dealkylation sites (N-methyl/N-ethyl adjacent to an activating group) is 1. The Labute approximate surface area is 100 Å². The second-order valence-electron chi connectivity index (χ2n) is 4.53. The van der Waals surface area contributed by atoms with Gasteiger partial charge in [0.1, 0.15) is 0 Å². The summed E-state index contributed by atoms with van der Waals surface area (Å²) in [4.78, 5) is 0. The highest BCUT2D eigenvalue weighted by Gasteiger charge is 2.28. The van der Waals surface area contributed by atoms with Crippen LogP contribution < -0.4 is 5.32 Å². The normalized spacial score (nSPS) is 14.7. The Kier molecular flexibility index (Phi) is 5.54. The van der Waals surface area contributed by atoms with E-state index in [0.717, 1.165) is 13.1 Å². The molecule has 1 aromatic rings. The molecule has 0 fully saturated rings. The molecule has 1 aromatic carbocycles. The molecule has 0 aliphatic rings. The van der Waals surface area contributed by atoms with Crippen LogP contribution in [-0.4, -0.2) is 13.1 Å². The molecule has 90 valence electrons. The Morgan fingerprint density at radius 3 is 2.25 bits per heavy atom. The molecule has 0 aromatic heterocycles. The largest absolute Gasteiger partial charge is 0.316 e. The van der Waals surface area contributed by atoms with Crippen molar-refractivity contribution in [1.29, 1.82) is 0 Å². The maximum absolute atomic E-state index is 3.52. The van der Waals surface area contributed by atoms with Crippen LogP contribution in [0.4, 0.5) is 0 Å². The average Bonchev–Trinajstić information content (AvgIpc) is 2.36. The van der Waals surface area contributed by atoms with Crippen molar-refractivity contribution in [3.05, 3.63) is 35.9 Å². The minimum atomic E-state index is 0.325. The zero-order chi connectivity index (χ0) is 11.9. The van der Waals surface area contributed by atoms with Gasteiger partial charge in [-0.3, -0.25) is 0 Å². The van der Waals surface area contributed by atoms with Crippen LogP contribution in [0.3, 0.4) is 0 Å². The summed E-state index contributed by atoms with van der Waals surface area (Å²) < 4.78 is 0. The summed E-state index contributed by atoms with van der Waals surface area (Å²) in [7, 11) is 0. The van der Waals surface area contributed by atoms with Crippen molar-refractivity contribution in [2.45, 2.75) is 45.4 Å². The van der Waals surface area contributed by atoms with E-state index in [9.17, 15) is 0 Å². The molecule has 1 nitrogen and oxygen atoms in total. The molecule has 1 heteroatoms. The van der Waals surface area contributed by atoms with E-state index in [4.69, 9.17) is 0 Å². The number of rotatable bonds is 7. The first-order chi connectivity index (χ1) is 7.79. The van der Waals surface area contributed by atoms with Gasteiger partial charge in [-0.05, 0) is 24.9 Å². The van der Waals surface area contributed by atoms with Crippen molar-refractivity contribution >= 4 is 0 Å². The Morgan fingerprint density at radius 1 is 1.06 bits per heavy atom. The fraction of sp³-hybridized carbons (Fsp3) is 0.600. The number of hydrogen-bond acceptors (Lipinski definition) is 1. The third-order valence-electron chi connectivity index (χ3n) is 3.50. The summed E-state index contributed by atoms with van der Waals surface area (Å²) in [6.45, 7) is 8.91. The van der Waals surface area contributed by atoms with Gasteiger partial charge in [-0.2, -0.15) is 0 Å². The standard InChI is InChI=1S/C15H25N/c1-4-12-15(5-2,13-16-6-3)14-10-8-7-9-11-14/h7-11,16H,4-6,12-13H2,1-3H3. The molecule has 0 spiro atoms. The van der Waals surface area contributed by atoms with Gasteiger partial charge in [0.05, 0.1) is 0 Å². The SMILES string of the molecule is CCCC(CC)(CNCC)c1ccccc1. The molecule has 16 heavy (non-hydrogen) atoms. The zero-order valence-corrected chi connectivity index (χ0v) is 10.9. The number of benzene rings is 1. The van der Waals surface area contributed by atoms with Crippen LogP contribution in [0, 0.1) is 0 Å². The number of hydrogen-bond donors (Lipinski definition) is 1. The average molecular weight is 219 g/mol. The molecule has 0 saturated carbocycles. The molecule has 0 aliphatic carbocycles. The lowest BCUT2D eigenvalue weighted by molar-refractivity contribution is 0.354. The molecule has 0 bridgehead atoms. The zero-order valence-electron chi connectivity index (χ0n) is 10.9. The van der Waals surface area contributed by atoms with E-state index >= 15 is 0 Å². The second-order valence-corrected chi connectivity index (χ2v) is 4.53. The van der Waals surface area contributed by atoms with E-state index in [1.807, 2.05) is 0 Å². The summed E-state index contributed by atoms with van der Waals surface area (Å²) in [5.41, 5.74) is 1.81. The minimum absolute atomic E-state index is 0.325. The van der Waals surface area contributed by atoms with Gasteiger partial charge in [-0.1, -0.05) is 57.5 Å². The van der Waals surface area contributed by atoms with Gasteiger partial charge >= 0.3 is 0 Å². The van der Waals surface area contributed by atoms with Gasteiger partial charge in [-0.25, -0.2) is 0 Å². The van der Waals surface area contributed by atoms with Crippen molar-refractivity contribution in [2.24, 2.45) is 0 Å². The van der Waals surface area contributed by atoms with Gasteiger partial charge in [-0.15, -0.1) is 0 Å². The predicted molar refractivity (Wildman–Crippen MR) is 71.9 cm³/mol. The Morgan fingerprint density at radius 2 is 1.75 bits per heavy atom.